The number of amides is 1. The van der Waals surface area contributed by atoms with Crippen LogP contribution in [0.25, 0.3) is 0 Å². The minimum Gasteiger partial charge on any atom is -0.324 e. The number of hydroxylamine groups is 1. The first-order chi connectivity index (χ1) is 14.7. The van der Waals surface area contributed by atoms with Crippen molar-refractivity contribution < 1.29 is 28.4 Å². The van der Waals surface area contributed by atoms with Gasteiger partial charge < -0.3 is 20.2 Å². The molecule has 3 atom stereocenters. The number of nitrogens with zero attached hydrogens (tertiary/aromatic N) is 1. The standard InChI is InChI=1S/C13H11NO2.C6H11F2NO.C2H4.CH5NO/c1-10(16)14-8-13(14)7-6-11-2-4-12(9-15)5-3-11;1-4(6(7)8)5(3-10)9-2;1-2;1-2-3/h2-5,9,13H,8H2,1H3;3-6,9H,1-2H3;1-2H2;2-3H,1H3. The fraction of sp³-hybridized carbons (Fsp3) is 0.409. The van der Waals surface area contributed by atoms with Crippen LogP contribution >= 0.6 is 0 Å². The van der Waals surface area contributed by atoms with E-state index < -0.39 is 18.4 Å². The number of aldehydes is 2. The third-order valence-electron chi connectivity index (χ3n) is 3.89. The van der Waals surface area contributed by atoms with E-state index in [0.29, 0.717) is 11.8 Å². The fourth-order valence-corrected chi connectivity index (χ4v) is 2.03. The van der Waals surface area contributed by atoms with Crippen LogP contribution in [-0.4, -0.2) is 67.7 Å². The van der Waals surface area contributed by atoms with Crippen molar-refractivity contribution in [1.29, 1.82) is 0 Å². The summed E-state index contributed by atoms with van der Waals surface area (Å²) in [5.74, 6) is 5.14. The van der Waals surface area contributed by atoms with Gasteiger partial charge in [-0.05, 0) is 19.2 Å². The van der Waals surface area contributed by atoms with Crippen molar-refractivity contribution in [3.63, 3.8) is 0 Å². The fourth-order valence-electron chi connectivity index (χ4n) is 2.03. The van der Waals surface area contributed by atoms with Crippen LogP contribution in [0.4, 0.5) is 8.78 Å². The van der Waals surface area contributed by atoms with Crippen molar-refractivity contribution in [3.05, 3.63) is 48.6 Å². The number of nitrogens with one attached hydrogen (secondary N) is 2. The highest BCUT2D eigenvalue weighted by Gasteiger charge is 2.34. The lowest BCUT2D eigenvalue weighted by molar-refractivity contribution is -0.123. The molecule has 0 aromatic heterocycles. The molecule has 1 fully saturated rings. The number of alkyl halides is 2. The first-order valence-electron chi connectivity index (χ1n) is 9.31. The van der Waals surface area contributed by atoms with Gasteiger partial charge in [-0.25, -0.2) is 14.3 Å². The lowest BCUT2D eigenvalue weighted by atomic mass is 10.0. The molecule has 0 radical (unpaired) electrons. The largest absolute Gasteiger partial charge is 0.324 e. The lowest BCUT2D eigenvalue weighted by Gasteiger charge is -2.16. The van der Waals surface area contributed by atoms with Gasteiger partial charge in [0.2, 0.25) is 12.3 Å². The predicted molar refractivity (Wildman–Crippen MR) is 116 cm³/mol. The number of likely N-dealkylation sites (N-methyl/N-ethyl adjacent to an activating group) is 1. The van der Waals surface area contributed by atoms with Gasteiger partial charge in [-0.15, -0.1) is 13.2 Å². The van der Waals surface area contributed by atoms with E-state index in [4.69, 9.17) is 5.21 Å². The highest BCUT2D eigenvalue weighted by Crippen LogP contribution is 2.16. The third kappa shape index (κ3) is 13.1. The Kier molecular flexibility index (Phi) is 17.5. The Bertz CT molecular complexity index is 718. The average Bonchev–Trinajstić information content (AvgIpc) is 3.56. The molecule has 0 bridgehead atoms. The Hall–Kier alpha value is -2.93. The van der Waals surface area contributed by atoms with E-state index >= 15 is 0 Å². The zero-order valence-electron chi connectivity index (χ0n) is 18.3. The summed E-state index contributed by atoms with van der Waals surface area (Å²) in [4.78, 5) is 33.1. The lowest BCUT2D eigenvalue weighted by Crippen LogP contribution is -2.36. The zero-order chi connectivity index (χ0) is 24.4. The first kappa shape index (κ1) is 30.3. The van der Waals surface area contributed by atoms with Gasteiger partial charge in [-0.3, -0.25) is 9.59 Å². The maximum atomic E-state index is 11.9. The second kappa shape index (κ2) is 17.9. The second-order valence-electron chi connectivity index (χ2n) is 6.06. The van der Waals surface area contributed by atoms with Gasteiger partial charge in [-0.2, -0.15) is 0 Å². The molecule has 1 aromatic rings. The summed E-state index contributed by atoms with van der Waals surface area (Å²) in [6, 6.07) is 6.40. The van der Waals surface area contributed by atoms with Crippen LogP contribution in [0.1, 0.15) is 29.8 Å². The van der Waals surface area contributed by atoms with E-state index in [9.17, 15) is 23.2 Å². The monoisotopic (exact) mass is 439 g/mol. The Labute approximate surface area is 182 Å². The molecule has 3 N–H and O–H groups in total. The highest BCUT2D eigenvalue weighted by molar-refractivity contribution is 5.77. The van der Waals surface area contributed by atoms with E-state index in [2.05, 4.69) is 30.3 Å². The van der Waals surface area contributed by atoms with E-state index in [0.717, 1.165) is 18.4 Å². The van der Waals surface area contributed by atoms with Crippen LogP contribution in [0.15, 0.2) is 37.4 Å². The van der Waals surface area contributed by atoms with E-state index in [1.54, 1.807) is 41.6 Å². The molecule has 1 aliphatic rings. The molecular weight excluding hydrogens is 408 g/mol. The maximum absolute atomic E-state index is 11.9. The minimum absolute atomic E-state index is 0.0654. The SMILES string of the molecule is C=C.CC(=O)N1CC1C#Cc1ccc(C=O)cc1.CNC(C=O)C(C)C(F)F.CNO. The quantitative estimate of drug-likeness (QED) is 0.214. The molecule has 1 aliphatic heterocycles. The molecule has 1 saturated heterocycles. The summed E-state index contributed by atoms with van der Waals surface area (Å²) < 4.78 is 23.7. The Morgan fingerprint density at radius 1 is 1.26 bits per heavy atom. The summed E-state index contributed by atoms with van der Waals surface area (Å²) in [7, 11) is 2.91. The molecular formula is C22H31F2N3O4. The molecule has 2 rings (SSSR count). The van der Waals surface area contributed by atoms with Crippen LogP contribution in [-0.2, 0) is 9.59 Å². The molecule has 7 nitrogen and oxygen atoms in total. The summed E-state index contributed by atoms with van der Waals surface area (Å²) in [5.41, 5.74) is 3.25. The van der Waals surface area contributed by atoms with Crippen LogP contribution in [0, 0.1) is 17.8 Å². The summed E-state index contributed by atoms with van der Waals surface area (Å²) in [6.45, 7) is 9.61. The van der Waals surface area contributed by atoms with Crippen LogP contribution in [0.3, 0.4) is 0 Å². The molecule has 1 aromatic carbocycles. The molecule has 9 heteroatoms. The second-order valence-corrected chi connectivity index (χ2v) is 6.06. The number of halogens is 2. The Morgan fingerprint density at radius 3 is 2.06 bits per heavy atom. The van der Waals surface area contributed by atoms with Gasteiger partial charge >= 0.3 is 0 Å². The van der Waals surface area contributed by atoms with Gasteiger partial charge in [0.25, 0.3) is 0 Å². The molecule has 1 amide bonds. The molecule has 172 valence electrons. The smallest absolute Gasteiger partial charge is 0.243 e. The van der Waals surface area contributed by atoms with Crippen molar-refractivity contribution in [1.82, 2.24) is 15.7 Å². The first-order valence-corrected chi connectivity index (χ1v) is 9.31. The number of rotatable bonds is 5. The topological polar surface area (TPSA) is 98.5 Å². The average molecular weight is 440 g/mol. The molecule has 0 spiro atoms. The number of carbonyl (C=O) groups is 3. The van der Waals surface area contributed by atoms with E-state index in [1.165, 1.54) is 21.0 Å². The van der Waals surface area contributed by atoms with E-state index in [1.807, 2.05) is 0 Å². The Morgan fingerprint density at radius 2 is 1.77 bits per heavy atom. The van der Waals surface area contributed by atoms with Crippen LogP contribution in [0.2, 0.25) is 0 Å². The maximum Gasteiger partial charge on any atom is 0.243 e. The number of hydrogen-bond donors (Lipinski definition) is 3. The van der Waals surface area contributed by atoms with Crippen LogP contribution < -0.4 is 10.8 Å². The summed E-state index contributed by atoms with van der Waals surface area (Å²) in [6.07, 6.45) is -1.14. The van der Waals surface area contributed by atoms with Crippen molar-refractivity contribution in [2.75, 3.05) is 20.6 Å². The summed E-state index contributed by atoms with van der Waals surface area (Å²) >= 11 is 0. The predicted octanol–water partition coefficient (Wildman–Crippen LogP) is 2.15. The third-order valence-corrected chi connectivity index (χ3v) is 3.89. The van der Waals surface area contributed by atoms with Crippen molar-refractivity contribution in [2.45, 2.75) is 32.4 Å². The van der Waals surface area contributed by atoms with Crippen LogP contribution in [0.5, 0.6) is 0 Å². The number of hydrogen-bond acceptors (Lipinski definition) is 6. The van der Waals surface area contributed by atoms with Gasteiger partial charge in [0.1, 0.15) is 18.6 Å². The van der Waals surface area contributed by atoms with Gasteiger partial charge in [0, 0.05) is 31.0 Å². The van der Waals surface area contributed by atoms with Crippen molar-refractivity contribution in [2.24, 2.45) is 5.92 Å². The van der Waals surface area contributed by atoms with Gasteiger partial charge in [0.05, 0.1) is 12.6 Å². The van der Waals surface area contributed by atoms with Gasteiger partial charge in [-0.1, -0.05) is 30.9 Å². The Balaban J connectivity index is 0. The molecule has 31 heavy (non-hydrogen) atoms. The molecule has 1 heterocycles. The van der Waals surface area contributed by atoms with E-state index in [-0.39, 0.29) is 11.9 Å². The van der Waals surface area contributed by atoms with Crippen molar-refractivity contribution in [3.8, 4) is 11.8 Å². The van der Waals surface area contributed by atoms with Gasteiger partial charge in [0.15, 0.2) is 0 Å². The zero-order valence-corrected chi connectivity index (χ0v) is 18.3. The number of benzene rings is 1. The molecule has 0 aliphatic carbocycles. The van der Waals surface area contributed by atoms with Crippen molar-refractivity contribution >= 4 is 18.5 Å². The molecule has 3 unspecified atom stereocenters. The normalized spacial score (nSPS) is 15.1. The summed E-state index contributed by atoms with van der Waals surface area (Å²) in [5, 5.41) is 9.80. The minimum atomic E-state index is -2.44. The highest BCUT2D eigenvalue weighted by atomic mass is 19.3. The number of carbonyl (C=O) groups excluding carboxylic acids is 3. The molecule has 0 saturated carbocycles.